The second kappa shape index (κ2) is 26.0. The van der Waals surface area contributed by atoms with Gasteiger partial charge in [0.05, 0.1) is 11.1 Å². The number of hydrogen-bond donors (Lipinski definition) is 6. The molecular formula is C59H94N12O9. The number of nitrogens with one attached hydrogen (secondary N) is 4. The SMILES string of the molecule is C=C1C=C(O)C=C(C)N1C(C)(C)C.C=C1NC(=O)C(C)=C(C)N1C(C)(C)C.C=C1NC(=O)C(C)=NN1C(C)(C)C.Cc1c(C)n(C(C)(C)C)c(=O)[nH]c1=O.Cc1cc(O)cc(=O)n1C(C)(C)C.Cc1nn(C(C)(C)C)c(=O)[nH]c1=O. The average molecular weight is 1120 g/mol. The molecule has 0 spiro atoms. The van der Waals surface area contributed by atoms with Crippen LogP contribution in [0.3, 0.4) is 0 Å². The van der Waals surface area contributed by atoms with Gasteiger partial charge < -0.3 is 35.2 Å². The Labute approximate surface area is 472 Å². The molecule has 3 aliphatic rings. The monoisotopic (exact) mass is 1110 g/mol. The molecule has 444 valence electrons. The lowest BCUT2D eigenvalue weighted by Gasteiger charge is -2.42. The van der Waals surface area contributed by atoms with Crippen LogP contribution in [-0.4, -0.2) is 88.0 Å². The summed E-state index contributed by atoms with van der Waals surface area (Å²) < 4.78 is 4.53. The van der Waals surface area contributed by atoms with Crippen LogP contribution < -0.4 is 38.7 Å². The number of nitrogens with zero attached hydrogens (tertiary/aromatic N) is 8. The van der Waals surface area contributed by atoms with Crippen LogP contribution in [0.15, 0.2) is 113 Å². The standard InChI is InChI=1S/C11H18N2O.C11H17NO.C10H16N2O2.C10H15NO2.C9H15N3O.C8H13N3O2/c1-7-8(2)13(11(4,5)6)9(3)12-10(7)14;1-8-6-10(13)7-9(2)12(8)11(3,4)5;1-6-7(2)12(10(3,4)5)9(14)11-8(6)13;1-7-5-8(12)6-9(13)11(7)10(2,3)4;1-6-8(13)10-7(2)12(11-6)9(3,4)5;1-5-6(12)9-7(13)11(10-5)8(2,3)4/h3H2,1-2,4-6H3,(H,12,14);6-7,13H,1H2,2-5H3;1-5H3,(H,11,13,14);5-6,12H,1-4H3;2H2,1,3-5H3,(H,10,13);1-4H3,(H,9,12,13). The number of rotatable bonds is 0. The summed E-state index contributed by atoms with van der Waals surface area (Å²) in [6.45, 7) is 61.7. The van der Waals surface area contributed by atoms with E-state index in [9.17, 15) is 43.8 Å². The third-order valence-corrected chi connectivity index (χ3v) is 11.9. The van der Waals surface area contributed by atoms with Gasteiger partial charge in [-0.25, -0.2) is 19.3 Å². The molecule has 0 bridgehead atoms. The van der Waals surface area contributed by atoms with Crippen LogP contribution in [0.1, 0.15) is 175 Å². The van der Waals surface area contributed by atoms with Gasteiger partial charge in [-0.15, -0.1) is 0 Å². The maximum absolute atomic E-state index is 11.6. The number of aromatic hydroxyl groups is 1. The Morgan fingerprint density at radius 3 is 1.43 bits per heavy atom. The minimum atomic E-state index is -0.469. The number of aliphatic hydroxyl groups is 1. The molecule has 2 amide bonds. The Morgan fingerprint density at radius 2 is 1.00 bits per heavy atom. The molecule has 80 heavy (non-hydrogen) atoms. The third-order valence-electron chi connectivity index (χ3n) is 11.9. The van der Waals surface area contributed by atoms with E-state index in [0.29, 0.717) is 28.6 Å². The Kier molecular flexibility index (Phi) is 22.9. The van der Waals surface area contributed by atoms with Crippen LogP contribution in [0.2, 0.25) is 0 Å². The molecule has 6 N–H and O–H groups in total. The van der Waals surface area contributed by atoms with E-state index in [4.69, 9.17) is 0 Å². The summed E-state index contributed by atoms with van der Waals surface area (Å²) in [5.41, 5.74) is 3.59. The van der Waals surface area contributed by atoms with Crippen LogP contribution in [0, 0.1) is 27.7 Å². The van der Waals surface area contributed by atoms with E-state index in [0.717, 1.165) is 34.1 Å². The van der Waals surface area contributed by atoms with Gasteiger partial charge in [0.2, 0.25) is 0 Å². The number of aromatic nitrogens is 6. The molecule has 0 fully saturated rings. The molecule has 0 radical (unpaired) electrons. The van der Waals surface area contributed by atoms with Gasteiger partial charge in [-0.2, -0.15) is 10.2 Å². The second-order valence-electron chi connectivity index (χ2n) is 25.6. The van der Waals surface area contributed by atoms with E-state index in [1.807, 2.05) is 116 Å². The van der Waals surface area contributed by atoms with Crippen molar-refractivity contribution in [3.8, 4) is 5.75 Å². The molecule has 0 saturated heterocycles. The lowest BCUT2D eigenvalue weighted by atomic mass is 10.0. The van der Waals surface area contributed by atoms with Crippen molar-refractivity contribution in [2.24, 2.45) is 5.10 Å². The van der Waals surface area contributed by atoms with E-state index in [-0.39, 0.29) is 67.8 Å². The highest BCUT2D eigenvalue weighted by Gasteiger charge is 2.32. The number of amides is 2. The molecule has 21 nitrogen and oxygen atoms in total. The summed E-state index contributed by atoms with van der Waals surface area (Å²) >= 11 is 0. The first kappa shape index (κ1) is 70.3. The van der Waals surface area contributed by atoms with E-state index in [2.05, 4.69) is 97.0 Å². The van der Waals surface area contributed by atoms with Gasteiger partial charge in [0.25, 0.3) is 28.5 Å². The fraction of sp³-hybridized carbons (Fsp3) is 0.542. The first-order chi connectivity index (χ1) is 35.8. The highest BCUT2D eigenvalue weighted by molar-refractivity contribution is 6.38. The first-order valence-corrected chi connectivity index (χ1v) is 26.2. The van der Waals surface area contributed by atoms with E-state index >= 15 is 0 Å². The molecule has 3 aliphatic heterocycles. The predicted octanol–water partition coefficient (Wildman–Crippen LogP) is 8.53. The zero-order valence-corrected chi connectivity index (χ0v) is 52.8. The molecule has 0 unspecified atom stereocenters. The van der Waals surface area contributed by atoms with Crippen LogP contribution in [0.5, 0.6) is 5.75 Å². The molecular weight excluding hydrogens is 1020 g/mol. The van der Waals surface area contributed by atoms with Crippen molar-refractivity contribution < 1.29 is 19.8 Å². The summed E-state index contributed by atoms with van der Waals surface area (Å²) in [6, 6.07) is 2.82. The predicted molar refractivity (Wildman–Crippen MR) is 321 cm³/mol. The number of aryl methyl sites for hydroxylation is 2. The van der Waals surface area contributed by atoms with Gasteiger partial charge in [-0.3, -0.25) is 38.5 Å². The zero-order chi connectivity index (χ0) is 63.1. The summed E-state index contributed by atoms with van der Waals surface area (Å²) in [6.07, 6.45) is 3.43. The molecule has 0 saturated carbocycles. The summed E-state index contributed by atoms with van der Waals surface area (Å²) in [5.74, 6) is 1.28. The van der Waals surface area contributed by atoms with Crippen molar-refractivity contribution in [3.05, 3.63) is 159 Å². The lowest BCUT2D eigenvalue weighted by molar-refractivity contribution is -0.118. The van der Waals surface area contributed by atoms with Crippen molar-refractivity contribution in [2.75, 3.05) is 0 Å². The molecule has 0 atom stereocenters. The molecule has 0 aromatic carbocycles. The molecule has 6 heterocycles. The zero-order valence-electron chi connectivity index (χ0n) is 52.8. The van der Waals surface area contributed by atoms with Gasteiger partial charge in [-0.1, -0.05) is 19.7 Å². The number of hydrogen-bond acceptors (Lipinski definition) is 14. The van der Waals surface area contributed by atoms with Gasteiger partial charge in [0.15, 0.2) is 0 Å². The van der Waals surface area contributed by atoms with Crippen molar-refractivity contribution >= 4 is 17.5 Å². The third kappa shape index (κ3) is 19.3. The Bertz CT molecular complexity index is 3280. The van der Waals surface area contributed by atoms with Gasteiger partial charge in [0.1, 0.15) is 34.6 Å². The number of pyridine rings is 1. The Balaban J connectivity index is 0.000000480. The minimum absolute atomic E-state index is 0.00880. The topological polar surface area (TPSA) is 265 Å². The highest BCUT2D eigenvalue weighted by atomic mass is 16.3. The maximum atomic E-state index is 11.6. The number of allylic oxidation sites excluding steroid dienone is 4. The second-order valence-corrected chi connectivity index (χ2v) is 25.6. The molecule has 21 heteroatoms. The number of H-pyrrole nitrogens is 2. The Morgan fingerprint density at radius 1 is 0.525 bits per heavy atom. The smallest absolute Gasteiger partial charge is 0.345 e. The van der Waals surface area contributed by atoms with Gasteiger partial charge in [0, 0.05) is 73.9 Å². The molecule has 0 aliphatic carbocycles. The van der Waals surface area contributed by atoms with E-state index in [1.165, 1.54) is 10.7 Å². The van der Waals surface area contributed by atoms with E-state index < -0.39 is 16.8 Å². The van der Waals surface area contributed by atoms with Crippen LogP contribution in [0.25, 0.3) is 0 Å². The first-order valence-electron chi connectivity index (χ1n) is 26.2. The average Bonchev–Trinajstić information content (AvgIpc) is 3.22. The van der Waals surface area contributed by atoms with Crippen molar-refractivity contribution in [1.29, 1.82) is 0 Å². The van der Waals surface area contributed by atoms with Gasteiger partial charge >= 0.3 is 11.4 Å². The van der Waals surface area contributed by atoms with Gasteiger partial charge in [-0.05, 0) is 192 Å². The van der Waals surface area contributed by atoms with Crippen LogP contribution in [0.4, 0.5) is 0 Å². The number of aliphatic hydroxyl groups excluding tert-OH is 1. The number of carbonyl (C=O) groups is 2. The summed E-state index contributed by atoms with van der Waals surface area (Å²) in [5, 5.41) is 33.7. The quantitative estimate of drug-likeness (QED) is 0.123. The maximum Gasteiger partial charge on any atom is 0.345 e. The largest absolute Gasteiger partial charge is 0.508 e. The molecule has 3 aromatic rings. The van der Waals surface area contributed by atoms with Crippen LogP contribution >= 0.6 is 0 Å². The van der Waals surface area contributed by atoms with Crippen LogP contribution in [-0.2, 0) is 26.2 Å². The Hall–Kier alpha value is -7.71. The summed E-state index contributed by atoms with van der Waals surface area (Å²) in [4.78, 5) is 87.9. The van der Waals surface area contributed by atoms with Crippen molar-refractivity contribution in [3.63, 3.8) is 0 Å². The number of hydrazone groups is 1. The molecule has 6 rings (SSSR count). The number of carbonyl (C=O) groups excluding carboxylic acids is 2. The van der Waals surface area contributed by atoms with Crippen molar-refractivity contribution in [1.82, 2.24) is 54.3 Å². The van der Waals surface area contributed by atoms with Crippen molar-refractivity contribution in [2.45, 2.75) is 213 Å². The summed E-state index contributed by atoms with van der Waals surface area (Å²) in [7, 11) is 0. The normalized spacial score (nSPS) is 15.2. The number of aromatic amines is 2. The molecule has 3 aromatic heterocycles. The fourth-order valence-electron chi connectivity index (χ4n) is 8.57. The minimum Gasteiger partial charge on any atom is -0.508 e. The highest BCUT2D eigenvalue weighted by Crippen LogP contribution is 2.30. The van der Waals surface area contributed by atoms with E-state index in [1.54, 1.807) is 60.1 Å². The lowest BCUT2D eigenvalue weighted by Crippen LogP contribution is -2.48. The fourth-order valence-corrected chi connectivity index (χ4v) is 8.57.